The smallest absolute Gasteiger partial charge is 0.0718 e. The summed E-state index contributed by atoms with van der Waals surface area (Å²) in [5, 5.41) is 2.01. The molecular formula is C17H18ClN3. The zero-order chi connectivity index (χ0) is 15.0. The van der Waals surface area contributed by atoms with E-state index in [-0.39, 0.29) is 0 Å². The molecule has 4 heteroatoms. The number of nitrogens with zero attached hydrogens (tertiary/aromatic N) is 3. The van der Waals surface area contributed by atoms with Gasteiger partial charge in [-0.05, 0) is 56.9 Å². The molecule has 21 heavy (non-hydrogen) atoms. The molecule has 3 rings (SSSR count). The van der Waals surface area contributed by atoms with Crippen LogP contribution < -0.4 is 0 Å². The highest BCUT2D eigenvalue weighted by molar-refractivity contribution is 6.30. The first-order valence-electron chi connectivity index (χ1n) is 6.92. The molecule has 2 heterocycles. The number of fused-ring (bicyclic) bond motifs is 1. The van der Waals surface area contributed by atoms with Gasteiger partial charge < -0.3 is 9.47 Å². The first-order valence-corrected chi connectivity index (χ1v) is 7.30. The lowest BCUT2D eigenvalue weighted by atomic mass is 10.1. The average Bonchev–Trinajstić information content (AvgIpc) is 2.73. The topological polar surface area (TPSA) is 21.1 Å². The van der Waals surface area contributed by atoms with E-state index in [0.29, 0.717) is 0 Å². The van der Waals surface area contributed by atoms with E-state index in [4.69, 9.17) is 11.6 Å². The Hall–Kier alpha value is -1.84. The third-order valence-corrected chi connectivity index (χ3v) is 3.95. The van der Waals surface area contributed by atoms with Crippen molar-refractivity contribution in [3.8, 4) is 5.69 Å². The molecule has 3 aromatic rings. The van der Waals surface area contributed by atoms with Crippen LogP contribution in [0.3, 0.4) is 0 Å². The monoisotopic (exact) mass is 299 g/mol. The summed E-state index contributed by atoms with van der Waals surface area (Å²) in [6, 6.07) is 10.0. The van der Waals surface area contributed by atoms with Crippen LogP contribution in [0.15, 0.2) is 42.7 Å². The lowest BCUT2D eigenvalue weighted by molar-refractivity contribution is 0.403. The number of pyridine rings is 1. The first kappa shape index (κ1) is 14.1. The van der Waals surface area contributed by atoms with Gasteiger partial charge in [-0.3, -0.25) is 4.98 Å². The summed E-state index contributed by atoms with van der Waals surface area (Å²) in [5.41, 5.74) is 4.83. The zero-order valence-electron chi connectivity index (χ0n) is 12.5. The maximum Gasteiger partial charge on any atom is 0.0718 e. The third-order valence-electron chi connectivity index (χ3n) is 3.70. The van der Waals surface area contributed by atoms with Crippen molar-refractivity contribution in [3.05, 3.63) is 59.0 Å². The van der Waals surface area contributed by atoms with Crippen molar-refractivity contribution in [2.24, 2.45) is 0 Å². The molecule has 0 aliphatic rings. The molecule has 0 amide bonds. The van der Waals surface area contributed by atoms with Crippen LogP contribution in [-0.2, 0) is 6.54 Å². The number of rotatable bonds is 3. The van der Waals surface area contributed by atoms with E-state index in [1.807, 2.05) is 36.7 Å². The van der Waals surface area contributed by atoms with E-state index in [1.165, 1.54) is 16.6 Å². The van der Waals surface area contributed by atoms with Gasteiger partial charge >= 0.3 is 0 Å². The van der Waals surface area contributed by atoms with Gasteiger partial charge in [0.15, 0.2) is 0 Å². The second kappa shape index (κ2) is 5.51. The molecule has 0 aliphatic heterocycles. The van der Waals surface area contributed by atoms with E-state index in [9.17, 15) is 0 Å². The van der Waals surface area contributed by atoms with Crippen LogP contribution in [0.2, 0.25) is 5.02 Å². The summed E-state index contributed by atoms with van der Waals surface area (Å²) in [5.74, 6) is 0. The van der Waals surface area contributed by atoms with E-state index < -0.39 is 0 Å². The zero-order valence-corrected chi connectivity index (χ0v) is 13.2. The van der Waals surface area contributed by atoms with Crippen LogP contribution in [-0.4, -0.2) is 28.5 Å². The number of hydrogen-bond donors (Lipinski definition) is 0. The summed E-state index contributed by atoms with van der Waals surface area (Å²) in [4.78, 5) is 6.48. The highest BCUT2D eigenvalue weighted by atomic mass is 35.5. The van der Waals surface area contributed by atoms with Crippen LogP contribution in [0.25, 0.3) is 16.6 Å². The van der Waals surface area contributed by atoms with Crippen molar-refractivity contribution in [1.82, 2.24) is 14.5 Å². The van der Waals surface area contributed by atoms with Crippen molar-refractivity contribution in [1.29, 1.82) is 0 Å². The summed E-state index contributed by atoms with van der Waals surface area (Å²) < 4.78 is 2.25. The van der Waals surface area contributed by atoms with Crippen molar-refractivity contribution >= 4 is 22.5 Å². The molecule has 0 bridgehead atoms. The number of halogens is 1. The highest BCUT2D eigenvalue weighted by Gasteiger charge is 2.15. The molecule has 0 aliphatic carbocycles. The lowest BCUT2D eigenvalue weighted by Crippen LogP contribution is -2.11. The number of aromatic nitrogens is 2. The number of hydrogen-bond acceptors (Lipinski definition) is 2. The second-order valence-electron chi connectivity index (χ2n) is 5.51. The summed E-state index contributed by atoms with van der Waals surface area (Å²) in [7, 11) is 4.18. The normalized spacial score (nSPS) is 11.5. The molecule has 0 N–H and O–H groups in total. The van der Waals surface area contributed by atoms with E-state index in [0.717, 1.165) is 22.8 Å². The van der Waals surface area contributed by atoms with Gasteiger partial charge in [-0.25, -0.2) is 0 Å². The molecule has 0 fully saturated rings. The number of benzene rings is 1. The molecule has 0 atom stereocenters. The second-order valence-corrected chi connectivity index (χ2v) is 5.94. The van der Waals surface area contributed by atoms with Crippen molar-refractivity contribution < 1.29 is 0 Å². The molecule has 0 saturated heterocycles. The van der Waals surface area contributed by atoms with Crippen molar-refractivity contribution in [2.75, 3.05) is 14.1 Å². The molecule has 0 spiro atoms. The third kappa shape index (κ3) is 2.55. The Morgan fingerprint density at radius 2 is 1.86 bits per heavy atom. The van der Waals surface area contributed by atoms with Gasteiger partial charge in [-0.2, -0.15) is 0 Å². The van der Waals surface area contributed by atoms with Crippen LogP contribution in [0.1, 0.15) is 11.3 Å². The Kier molecular flexibility index (Phi) is 3.70. The minimum Gasteiger partial charge on any atom is -0.312 e. The highest BCUT2D eigenvalue weighted by Crippen LogP contribution is 2.29. The Balaban J connectivity index is 2.27. The van der Waals surface area contributed by atoms with E-state index in [1.54, 1.807) is 0 Å². The molecular weight excluding hydrogens is 282 g/mol. The maximum absolute atomic E-state index is 6.00. The molecule has 108 valence electrons. The quantitative estimate of drug-likeness (QED) is 0.727. The average molecular weight is 300 g/mol. The van der Waals surface area contributed by atoms with E-state index in [2.05, 4.69) is 41.5 Å². The first-order chi connectivity index (χ1) is 10.1. The Morgan fingerprint density at radius 1 is 1.14 bits per heavy atom. The largest absolute Gasteiger partial charge is 0.312 e. The fraction of sp³-hybridized carbons (Fsp3) is 0.235. The van der Waals surface area contributed by atoms with Gasteiger partial charge in [0.1, 0.15) is 0 Å². The lowest BCUT2D eigenvalue weighted by Gasteiger charge is -2.11. The minimum atomic E-state index is 0.750. The SMILES string of the molecule is Cc1c(CN(C)C)c2ccncc2n1-c1ccc(Cl)cc1. The minimum absolute atomic E-state index is 0.750. The molecule has 3 nitrogen and oxygen atoms in total. The predicted molar refractivity (Wildman–Crippen MR) is 88.2 cm³/mol. The van der Waals surface area contributed by atoms with Crippen LogP contribution in [0.4, 0.5) is 0 Å². The van der Waals surface area contributed by atoms with Gasteiger partial charge in [-0.1, -0.05) is 11.6 Å². The van der Waals surface area contributed by atoms with E-state index >= 15 is 0 Å². The molecule has 2 aromatic heterocycles. The van der Waals surface area contributed by atoms with Gasteiger partial charge in [0, 0.05) is 34.5 Å². The maximum atomic E-state index is 6.00. The van der Waals surface area contributed by atoms with Gasteiger partial charge in [0.2, 0.25) is 0 Å². The molecule has 0 radical (unpaired) electrons. The van der Waals surface area contributed by atoms with Crippen LogP contribution in [0.5, 0.6) is 0 Å². The molecule has 0 saturated carbocycles. The molecule has 0 unspecified atom stereocenters. The predicted octanol–water partition coefficient (Wildman–Crippen LogP) is 4.05. The van der Waals surface area contributed by atoms with Gasteiger partial charge in [-0.15, -0.1) is 0 Å². The van der Waals surface area contributed by atoms with Crippen LogP contribution in [0, 0.1) is 6.92 Å². The fourth-order valence-electron chi connectivity index (χ4n) is 2.77. The fourth-order valence-corrected chi connectivity index (χ4v) is 2.89. The summed E-state index contributed by atoms with van der Waals surface area (Å²) in [6.07, 6.45) is 3.78. The Morgan fingerprint density at radius 3 is 2.52 bits per heavy atom. The van der Waals surface area contributed by atoms with Crippen molar-refractivity contribution in [2.45, 2.75) is 13.5 Å². The molecule has 1 aromatic carbocycles. The standard InChI is InChI=1S/C17H18ClN3/c1-12-16(11-20(2)3)15-8-9-19-10-17(15)21(12)14-6-4-13(18)5-7-14/h4-10H,11H2,1-3H3. The summed E-state index contributed by atoms with van der Waals surface area (Å²) in [6.45, 7) is 3.07. The van der Waals surface area contributed by atoms with Gasteiger partial charge in [0.25, 0.3) is 0 Å². The van der Waals surface area contributed by atoms with Crippen LogP contribution >= 0.6 is 11.6 Å². The Labute approximate surface area is 129 Å². The summed E-state index contributed by atoms with van der Waals surface area (Å²) >= 11 is 6.00. The van der Waals surface area contributed by atoms with Crippen molar-refractivity contribution in [3.63, 3.8) is 0 Å². The Bertz CT molecular complexity index is 773. The van der Waals surface area contributed by atoms with Gasteiger partial charge in [0.05, 0.1) is 11.7 Å².